The van der Waals surface area contributed by atoms with Crippen molar-refractivity contribution in [2.75, 3.05) is 6.61 Å². The average Bonchev–Trinajstić information content (AvgIpc) is 2.72. The number of aliphatic hydroxyl groups is 2. The molecular formula is C10H14N2O5. The van der Waals surface area contributed by atoms with E-state index in [1.54, 1.807) is 0 Å². The van der Waals surface area contributed by atoms with Crippen LogP contribution in [-0.2, 0) is 4.74 Å². The highest BCUT2D eigenvalue weighted by Crippen LogP contribution is 2.27. The van der Waals surface area contributed by atoms with Gasteiger partial charge in [0, 0.05) is 18.2 Å². The highest BCUT2D eigenvalue weighted by Gasteiger charge is 2.34. The quantitative estimate of drug-likeness (QED) is 0.585. The minimum atomic E-state index is -0.877. The van der Waals surface area contributed by atoms with E-state index in [1.807, 2.05) is 0 Å². The summed E-state index contributed by atoms with van der Waals surface area (Å²) in [4.78, 5) is 23.4. The summed E-state index contributed by atoms with van der Waals surface area (Å²) in [6.07, 6.45) is -0.984. The van der Waals surface area contributed by atoms with Crippen molar-refractivity contribution >= 4 is 0 Å². The lowest BCUT2D eigenvalue weighted by Gasteiger charge is -2.14. The minimum absolute atomic E-state index is 0.128. The van der Waals surface area contributed by atoms with Crippen LogP contribution < -0.4 is 11.2 Å². The van der Waals surface area contributed by atoms with Crippen molar-refractivity contribution in [1.82, 2.24) is 9.54 Å². The van der Waals surface area contributed by atoms with E-state index in [0.29, 0.717) is 0 Å². The average molecular weight is 243 g/mol. The van der Waals surface area contributed by atoms with E-state index in [1.165, 1.54) is 13.1 Å². The zero-order valence-corrected chi connectivity index (χ0v) is 9.24. The highest BCUT2D eigenvalue weighted by molar-refractivity contribution is 5.02. The summed E-state index contributed by atoms with van der Waals surface area (Å²) in [5.74, 6) is 0. The van der Waals surface area contributed by atoms with Crippen molar-refractivity contribution in [2.24, 2.45) is 0 Å². The van der Waals surface area contributed by atoms with Crippen LogP contribution in [0.4, 0.5) is 0 Å². The van der Waals surface area contributed by atoms with Crippen molar-refractivity contribution < 1.29 is 16.4 Å². The molecule has 0 amide bonds. The van der Waals surface area contributed by atoms with E-state index < -0.39 is 29.7 Å². The first-order chi connectivity index (χ1) is 8.45. The lowest BCUT2D eigenvalue weighted by Crippen LogP contribution is -2.33. The van der Waals surface area contributed by atoms with Gasteiger partial charge in [0.25, 0.3) is 5.56 Å². The van der Waals surface area contributed by atoms with Crippen LogP contribution in [0.1, 0.15) is 18.2 Å². The lowest BCUT2D eigenvalue weighted by atomic mass is 10.2. The molecule has 17 heavy (non-hydrogen) atoms. The smallest absolute Gasteiger partial charge is 0.330 e. The molecule has 7 nitrogen and oxygen atoms in total. The third-order valence-electron chi connectivity index (χ3n) is 2.78. The number of ether oxygens (including phenoxy) is 1. The second-order valence-corrected chi connectivity index (χ2v) is 4.03. The maximum Gasteiger partial charge on any atom is 0.330 e. The summed E-state index contributed by atoms with van der Waals surface area (Å²) in [5, 5.41) is 18.5. The molecule has 1 fully saturated rings. The lowest BCUT2D eigenvalue weighted by molar-refractivity contribution is -0.0459. The second kappa shape index (κ2) is 4.44. The van der Waals surface area contributed by atoms with Gasteiger partial charge in [0.05, 0.1) is 12.7 Å². The predicted octanol–water partition coefficient (Wildman–Crippen LogP) is -1.51. The van der Waals surface area contributed by atoms with E-state index in [4.69, 9.17) is 11.3 Å². The largest absolute Gasteiger partial charge is 0.394 e. The Morgan fingerprint density at radius 3 is 3.00 bits per heavy atom. The molecule has 0 aliphatic carbocycles. The molecule has 3 N–H and O–H groups in total. The molecule has 1 aromatic heterocycles. The molecule has 3 atom stereocenters. The van der Waals surface area contributed by atoms with Gasteiger partial charge >= 0.3 is 5.69 Å². The standard InChI is InChI=1S/C10H14N2O5/c1-5-3-12(10(16)11-9(5)15)8-2-6(14)7(4-13)17-8/h3,6-8,13-14H,2,4H2,1H3,(H,11,15,16)/t6-,7+,8+/m0/s1/i/hD. The van der Waals surface area contributed by atoms with Gasteiger partial charge in [0.1, 0.15) is 12.3 Å². The van der Waals surface area contributed by atoms with Gasteiger partial charge in [-0.1, -0.05) is 0 Å². The Morgan fingerprint density at radius 2 is 2.41 bits per heavy atom. The number of aromatic nitrogens is 2. The van der Waals surface area contributed by atoms with Gasteiger partial charge in [-0.3, -0.25) is 14.3 Å². The number of aliphatic hydroxyl groups excluding tert-OH is 2. The summed E-state index contributed by atoms with van der Waals surface area (Å²) in [5.41, 5.74) is -1.29. The first-order valence-electron chi connectivity index (χ1n) is 5.69. The van der Waals surface area contributed by atoms with Crippen molar-refractivity contribution in [3.05, 3.63) is 32.6 Å². The SMILES string of the molecule is [2H]n1c(=O)c(C)cn([C@H]2C[C@H](O)[C@@H](CO)O2)c1=O. The molecule has 2 rings (SSSR count). The van der Waals surface area contributed by atoms with Gasteiger partial charge in [-0.15, -0.1) is 0 Å². The van der Waals surface area contributed by atoms with Crippen LogP contribution in [0.3, 0.4) is 0 Å². The Bertz CT molecular complexity index is 566. The summed E-state index contributed by atoms with van der Waals surface area (Å²) in [7, 11) is 0. The Hall–Kier alpha value is -1.44. The zero-order chi connectivity index (χ0) is 13.4. The van der Waals surface area contributed by atoms with Crippen molar-refractivity contribution in [3.8, 4) is 0 Å². The topological polar surface area (TPSA) is 105 Å². The molecule has 1 saturated heterocycles. The molecule has 0 radical (unpaired) electrons. The van der Waals surface area contributed by atoms with Crippen LogP contribution in [0.5, 0.6) is 0 Å². The van der Waals surface area contributed by atoms with Gasteiger partial charge in [-0.2, -0.15) is 0 Å². The molecule has 0 aromatic carbocycles. The summed E-state index contributed by atoms with van der Waals surface area (Å²) in [6.45, 7) is 1.13. The monoisotopic (exact) mass is 243 g/mol. The third kappa shape index (κ3) is 2.17. The maximum absolute atomic E-state index is 11.7. The third-order valence-corrected chi connectivity index (χ3v) is 2.78. The number of aryl methyl sites for hydroxylation is 1. The fraction of sp³-hybridized carbons (Fsp3) is 0.600. The zero-order valence-electron chi connectivity index (χ0n) is 10.2. The minimum Gasteiger partial charge on any atom is -0.394 e. The Morgan fingerprint density at radius 1 is 1.71 bits per heavy atom. The van der Waals surface area contributed by atoms with Gasteiger partial charge in [-0.25, -0.2) is 4.79 Å². The molecule has 0 bridgehead atoms. The Balaban J connectivity index is 2.42. The molecule has 94 valence electrons. The van der Waals surface area contributed by atoms with Crippen LogP contribution >= 0.6 is 0 Å². The van der Waals surface area contributed by atoms with Crippen LogP contribution in [0, 0.1) is 6.92 Å². The first-order valence-corrected chi connectivity index (χ1v) is 5.24. The number of nitrogens with one attached hydrogen (secondary N) is 1. The number of nitrogens with zero attached hydrogens (tertiary/aromatic N) is 1. The molecule has 7 heteroatoms. The van der Waals surface area contributed by atoms with Crippen LogP contribution in [0.15, 0.2) is 15.8 Å². The number of hydrogen-bond acceptors (Lipinski definition) is 5. The van der Waals surface area contributed by atoms with Crippen molar-refractivity contribution in [1.29, 1.82) is 0 Å². The maximum atomic E-state index is 11.7. The molecule has 0 spiro atoms. The Kier molecular flexibility index (Phi) is 2.79. The summed E-state index contributed by atoms with van der Waals surface area (Å²) < 4.78 is 13.7. The van der Waals surface area contributed by atoms with Crippen LogP contribution in [-0.4, -0.2) is 38.6 Å². The van der Waals surface area contributed by atoms with Gasteiger partial charge in [0.2, 0.25) is 0 Å². The van der Waals surface area contributed by atoms with Crippen molar-refractivity contribution in [3.63, 3.8) is 0 Å². The molecule has 0 saturated carbocycles. The molecule has 1 aliphatic heterocycles. The van der Waals surface area contributed by atoms with Gasteiger partial charge < -0.3 is 14.9 Å². The van der Waals surface area contributed by atoms with E-state index in [2.05, 4.69) is 0 Å². The molecule has 1 aliphatic rings. The number of aromatic amines is 1. The van der Waals surface area contributed by atoms with Crippen molar-refractivity contribution in [2.45, 2.75) is 31.8 Å². The van der Waals surface area contributed by atoms with Crippen LogP contribution in [0.25, 0.3) is 0 Å². The fourth-order valence-electron chi connectivity index (χ4n) is 1.81. The molecule has 0 unspecified atom stereocenters. The van der Waals surface area contributed by atoms with E-state index in [0.717, 1.165) is 4.57 Å². The highest BCUT2D eigenvalue weighted by atomic mass is 16.5. The summed E-state index contributed by atoms with van der Waals surface area (Å²) in [6, 6.07) is 0. The van der Waals surface area contributed by atoms with E-state index >= 15 is 0 Å². The molecule has 2 heterocycles. The van der Waals surface area contributed by atoms with E-state index in [-0.39, 0.29) is 23.6 Å². The predicted molar refractivity (Wildman–Crippen MR) is 57.7 cm³/mol. The normalized spacial score (nSPS) is 29.4. The summed E-state index contributed by atoms with van der Waals surface area (Å²) >= 11 is 0. The number of rotatable bonds is 2. The molecular weight excluding hydrogens is 228 g/mol. The van der Waals surface area contributed by atoms with Gasteiger partial charge in [-0.05, 0) is 6.92 Å². The van der Waals surface area contributed by atoms with Crippen LogP contribution in [0.2, 0.25) is 1.41 Å². The van der Waals surface area contributed by atoms with Gasteiger partial charge in [0.15, 0.2) is 1.41 Å². The van der Waals surface area contributed by atoms with E-state index in [9.17, 15) is 14.7 Å². The first kappa shape index (κ1) is 10.7. The second-order valence-electron chi connectivity index (χ2n) is 4.03. The fourth-order valence-corrected chi connectivity index (χ4v) is 1.81. The number of hydrogen-bond donors (Lipinski definition) is 3. The number of H-pyrrole nitrogens is 1. The Labute approximate surface area is 97.8 Å². The molecule has 1 aromatic rings.